The van der Waals surface area contributed by atoms with Gasteiger partial charge in [0.15, 0.2) is 11.8 Å². The Balaban J connectivity index is 1.76. The standard InChI is InChI=1S/C23H31N7/c1-18-26-27-22(30(18)5)16-25-23(24-15-19-10-7-6-8-11-19)29(4)17-20-12-9-13-21(14-20)28(2)3/h6-14H,15-17H2,1-5H3,(H,24,25). The SMILES string of the molecule is Cc1nnc(CNC(=NCc2ccccc2)N(C)Cc2cccc(N(C)C)c2)n1C. The van der Waals surface area contributed by atoms with Crippen LogP contribution in [0.3, 0.4) is 0 Å². The topological polar surface area (TPSA) is 61.6 Å². The lowest BCUT2D eigenvalue weighted by Gasteiger charge is -2.23. The first-order chi connectivity index (χ1) is 14.4. The van der Waals surface area contributed by atoms with Crippen LogP contribution in [0.4, 0.5) is 5.69 Å². The highest BCUT2D eigenvalue weighted by molar-refractivity contribution is 5.79. The average Bonchev–Trinajstić information content (AvgIpc) is 3.06. The van der Waals surface area contributed by atoms with Gasteiger partial charge >= 0.3 is 0 Å². The molecular weight excluding hydrogens is 374 g/mol. The van der Waals surface area contributed by atoms with Crippen LogP contribution in [0, 0.1) is 6.92 Å². The number of nitrogens with zero attached hydrogens (tertiary/aromatic N) is 6. The van der Waals surface area contributed by atoms with E-state index in [-0.39, 0.29) is 0 Å². The highest BCUT2D eigenvalue weighted by atomic mass is 15.3. The lowest BCUT2D eigenvalue weighted by Crippen LogP contribution is -2.38. The molecule has 0 radical (unpaired) electrons. The molecule has 0 aliphatic carbocycles. The van der Waals surface area contributed by atoms with Gasteiger partial charge in [-0.05, 0) is 30.2 Å². The molecule has 3 rings (SSSR count). The molecule has 0 bridgehead atoms. The number of aryl methyl sites for hydroxylation is 1. The lowest BCUT2D eigenvalue weighted by molar-refractivity contribution is 0.472. The van der Waals surface area contributed by atoms with Crippen molar-refractivity contribution in [3.63, 3.8) is 0 Å². The predicted molar refractivity (Wildman–Crippen MR) is 122 cm³/mol. The molecule has 0 aliphatic rings. The number of aromatic nitrogens is 3. The van der Waals surface area contributed by atoms with Crippen LogP contribution in [0.15, 0.2) is 59.6 Å². The van der Waals surface area contributed by atoms with E-state index in [1.54, 1.807) is 0 Å². The molecule has 7 heteroatoms. The molecule has 1 heterocycles. The number of benzene rings is 2. The van der Waals surface area contributed by atoms with Crippen LogP contribution in [-0.4, -0.2) is 46.8 Å². The Labute approximate surface area is 179 Å². The largest absolute Gasteiger partial charge is 0.378 e. The number of guanidine groups is 1. The Kier molecular flexibility index (Phi) is 7.06. The second-order valence-electron chi connectivity index (χ2n) is 7.62. The monoisotopic (exact) mass is 405 g/mol. The van der Waals surface area contributed by atoms with E-state index in [2.05, 4.69) is 82.9 Å². The molecule has 3 aromatic rings. The maximum atomic E-state index is 4.86. The minimum atomic E-state index is 0.563. The summed E-state index contributed by atoms with van der Waals surface area (Å²) in [4.78, 5) is 9.12. The molecule has 0 aliphatic heterocycles. The Morgan fingerprint density at radius 2 is 1.73 bits per heavy atom. The first kappa shape index (κ1) is 21.4. The summed E-state index contributed by atoms with van der Waals surface area (Å²) in [6, 6.07) is 18.8. The minimum absolute atomic E-state index is 0.563. The van der Waals surface area contributed by atoms with E-state index in [4.69, 9.17) is 4.99 Å². The maximum Gasteiger partial charge on any atom is 0.194 e. The zero-order valence-electron chi connectivity index (χ0n) is 18.5. The number of anilines is 1. The second kappa shape index (κ2) is 9.91. The average molecular weight is 406 g/mol. The Morgan fingerprint density at radius 3 is 2.40 bits per heavy atom. The third-order valence-electron chi connectivity index (χ3n) is 5.05. The van der Waals surface area contributed by atoms with E-state index < -0.39 is 0 Å². The molecule has 1 N–H and O–H groups in total. The van der Waals surface area contributed by atoms with Gasteiger partial charge in [0.1, 0.15) is 5.82 Å². The molecule has 30 heavy (non-hydrogen) atoms. The predicted octanol–water partition coefficient (Wildman–Crippen LogP) is 2.97. The Morgan fingerprint density at radius 1 is 1.00 bits per heavy atom. The summed E-state index contributed by atoms with van der Waals surface area (Å²) in [6.07, 6.45) is 0. The Hall–Kier alpha value is -3.35. The molecule has 0 saturated carbocycles. The van der Waals surface area contributed by atoms with Crippen LogP contribution in [0.1, 0.15) is 22.8 Å². The third-order valence-corrected chi connectivity index (χ3v) is 5.05. The maximum absolute atomic E-state index is 4.86. The molecular formula is C23H31N7. The van der Waals surface area contributed by atoms with Crippen LogP contribution in [-0.2, 0) is 26.7 Å². The van der Waals surface area contributed by atoms with Gasteiger partial charge in [0.25, 0.3) is 0 Å². The first-order valence-electron chi connectivity index (χ1n) is 10.1. The molecule has 7 nitrogen and oxygen atoms in total. The zero-order chi connectivity index (χ0) is 21.5. The number of hydrogen-bond donors (Lipinski definition) is 1. The quantitative estimate of drug-likeness (QED) is 0.484. The van der Waals surface area contributed by atoms with Crippen molar-refractivity contribution < 1.29 is 0 Å². The van der Waals surface area contributed by atoms with Crippen molar-refractivity contribution in [1.82, 2.24) is 25.0 Å². The van der Waals surface area contributed by atoms with Crippen molar-refractivity contribution in [1.29, 1.82) is 0 Å². The van der Waals surface area contributed by atoms with Crippen LogP contribution < -0.4 is 10.2 Å². The van der Waals surface area contributed by atoms with E-state index in [1.807, 2.05) is 36.7 Å². The fourth-order valence-corrected chi connectivity index (χ4v) is 3.11. The molecule has 0 amide bonds. The number of hydrogen-bond acceptors (Lipinski definition) is 4. The Bertz CT molecular complexity index is 976. The molecule has 0 unspecified atom stereocenters. The van der Waals surface area contributed by atoms with Crippen LogP contribution in [0.2, 0.25) is 0 Å². The molecule has 0 saturated heterocycles. The van der Waals surface area contributed by atoms with E-state index in [0.29, 0.717) is 13.1 Å². The van der Waals surface area contributed by atoms with Crippen molar-refractivity contribution in [2.24, 2.45) is 12.0 Å². The van der Waals surface area contributed by atoms with Gasteiger partial charge in [0, 0.05) is 40.4 Å². The molecule has 158 valence electrons. The van der Waals surface area contributed by atoms with Crippen LogP contribution in [0.5, 0.6) is 0 Å². The van der Waals surface area contributed by atoms with Crippen molar-refractivity contribution >= 4 is 11.6 Å². The molecule has 0 atom stereocenters. The van der Waals surface area contributed by atoms with Gasteiger partial charge in [-0.2, -0.15) is 0 Å². The molecule has 0 spiro atoms. The summed E-state index contributed by atoms with van der Waals surface area (Å²) in [6.45, 7) is 3.88. The van der Waals surface area contributed by atoms with Gasteiger partial charge in [-0.15, -0.1) is 10.2 Å². The fourth-order valence-electron chi connectivity index (χ4n) is 3.11. The fraction of sp³-hybridized carbons (Fsp3) is 0.348. The number of rotatable bonds is 7. The minimum Gasteiger partial charge on any atom is -0.378 e. The lowest BCUT2D eigenvalue weighted by atomic mass is 10.2. The molecule has 0 fully saturated rings. The van der Waals surface area contributed by atoms with Gasteiger partial charge in [-0.25, -0.2) is 4.99 Å². The zero-order valence-corrected chi connectivity index (χ0v) is 18.5. The van der Waals surface area contributed by atoms with Crippen molar-refractivity contribution in [3.05, 3.63) is 77.4 Å². The van der Waals surface area contributed by atoms with Crippen molar-refractivity contribution in [2.45, 2.75) is 26.6 Å². The van der Waals surface area contributed by atoms with Crippen molar-refractivity contribution in [2.75, 3.05) is 26.0 Å². The smallest absolute Gasteiger partial charge is 0.194 e. The third kappa shape index (κ3) is 5.59. The summed E-state index contributed by atoms with van der Waals surface area (Å²) < 4.78 is 1.99. The van der Waals surface area contributed by atoms with E-state index >= 15 is 0 Å². The summed E-state index contributed by atoms with van der Waals surface area (Å²) in [5, 5.41) is 11.9. The summed E-state index contributed by atoms with van der Waals surface area (Å²) in [5.74, 6) is 2.60. The second-order valence-corrected chi connectivity index (χ2v) is 7.62. The van der Waals surface area contributed by atoms with Gasteiger partial charge in [-0.3, -0.25) is 0 Å². The summed E-state index contributed by atoms with van der Waals surface area (Å²) in [7, 11) is 8.14. The van der Waals surface area contributed by atoms with Gasteiger partial charge < -0.3 is 19.7 Å². The van der Waals surface area contributed by atoms with Gasteiger partial charge in [-0.1, -0.05) is 42.5 Å². The van der Waals surface area contributed by atoms with E-state index in [9.17, 15) is 0 Å². The van der Waals surface area contributed by atoms with E-state index in [0.717, 1.165) is 24.2 Å². The normalized spacial score (nSPS) is 11.4. The number of aliphatic imine (C=N–C) groups is 1. The highest BCUT2D eigenvalue weighted by Gasteiger charge is 2.11. The summed E-state index contributed by atoms with van der Waals surface area (Å²) >= 11 is 0. The van der Waals surface area contributed by atoms with Crippen molar-refractivity contribution in [3.8, 4) is 0 Å². The first-order valence-corrected chi connectivity index (χ1v) is 10.1. The van der Waals surface area contributed by atoms with Gasteiger partial charge in [0.05, 0.1) is 13.1 Å². The van der Waals surface area contributed by atoms with Gasteiger partial charge in [0.2, 0.25) is 0 Å². The molecule has 1 aromatic heterocycles. The van der Waals surface area contributed by atoms with E-state index in [1.165, 1.54) is 16.8 Å². The van der Waals surface area contributed by atoms with Crippen LogP contribution in [0.25, 0.3) is 0 Å². The van der Waals surface area contributed by atoms with Crippen LogP contribution >= 0.6 is 0 Å². The summed E-state index contributed by atoms with van der Waals surface area (Å²) in [5.41, 5.74) is 3.59. The molecule has 2 aromatic carbocycles. The highest BCUT2D eigenvalue weighted by Crippen LogP contribution is 2.15. The number of nitrogens with one attached hydrogen (secondary N) is 1.